The molecule has 0 unspecified atom stereocenters. The van der Waals surface area contributed by atoms with Gasteiger partial charge < -0.3 is 14.5 Å². The molecule has 114 valence electrons. The Balaban J connectivity index is 1.65. The molecule has 1 amide bonds. The van der Waals surface area contributed by atoms with Gasteiger partial charge in [0, 0.05) is 32.1 Å². The molecule has 1 aromatic rings. The average Bonchev–Trinajstić information content (AvgIpc) is 3.31. The zero-order valence-corrected chi connectivity index (χ0v) is 12.9. The fourth-order valence-corrected chi connectivity index (χ4v) is 2.83. The van der Waals surface area contributed by atoms with E-state index < -0.39 is 0 Å². The summed E-state index contributed by atoms with van der Waals surface area (Å²) < 4.78 is 5.90. The molecule has 0 radical (unpaired) electrons. The molecule has 1 saturated carbocycles. The second kappa shape index (κ2) is 5.96. The monoisotopic (exact) mass is 288 g/mol. The summed E-state index contributed by atoms with van der Waals surface area (Å²) in [6.07, 6.45) is 2.35. The number of amides is 1. The number of hydrogen-bond acceptors (Lipinski definition) is 3. The highest BCUT2D eigenvalue weighted by Crippen LogP contribution is 2.33. The van der Waals surface area contributed by atoms with Gasteiger partial charge in [-0.25, -0.2) is 0 Å². The number of hydrogen-bond donors (Lipinski definition) is 0. The van der Waals surface area contributed by atoms with Crippen molar-refractivity contribution in [2.24, 2.45) is 5.92 Å². The van der Waals surface area contributed by atoms with Crippen LogP contribution in [0.4, 0.5) is 5.69 Å². The number of anilines is 1. The van der Waals surface area contributed by atoms with Crippen LogP contribution < -0.4 is 9.64 Å². The van der Waals surface area contributed by atoms with E-state index in [0.29, 0.717) is 11.8 Å². The molecule has 1 aliphatic carbocycles. The van der Waals surface area contributed by atoms with Crippen LogP contribution in [0.5, 0.6) is 5.75 Å². The normalized spacial score (nSPS) is 19.0. The lowest BCUT2D eigenvalue weighted by Crippen LogP contribution is -2.49. The van der Waals surface area contributed by atoms with Gasteiger partial charge in [-0.05, 0) is 38.8 Å². The molecule has 4 heteroatoms. The zero-order valence-electron chi connectivity index (χ0n) is 12.9. The topological polar surface area (TPSA) is 32.8 Å². The third-order valence-corrected chi connectivity index (χ3v) is 4.09. The maximum Gasteiger partial charge on any atom is 0.225 e. The molecule has 2 fully saturated rings. The van der Waals surface area contributed by atoms with Crippen molar-refractivity contribution in [2.75, 3.05) is 31.1 Å². The number of carbonyl (C=O) groups excluding carboxylic acids is 1. The van der Waals surface area contributed by atoms with E-state index in [1.54, 1.807) is 0 Å². The first-order valence-corrected chi connectivity index (χ1v) is 7.94. The van der Waals surface area contributed by atoms with Gasteiger partial charge in [0.1, 0.15) is 5.75 Å². The summed E-state index contributed by atoms with van der Waals surface area (Å²) in [5.74, 6) is 1.63. The van der Waals surface area contributed by atoms with E-state index >= 15 is 0 Å². The fourth-order valence-electron chi connectivity index (χ4n) is 2.83. The maximum atomic E-state index is 12.1. The van der Waals surface area contributed by atoms with E-state index in [4.69, 9.17) is 4.74 Å². The minimum atomic E-state index is 0.170. The maximum absolute atomic E-state index is 12.1. The van der Waals surface area contributed by atoms with Gasteiger partial charge in [-0.2, -0.15) is 0 Å². The van der Waals surface area contributed by atoms with Gasteiger partial charge in [0.05, 0.1) is 11.8 Å². The molecule has 4 nitrogen and oxygen atoms in total. The summed E-state index contributed by atoms with van der Waals surface area (Å²) in [7, 11) is 0. The lowest BCUT2D eigenvalue weighted by Gasteiger charge is -2.37. The lowest BCUT2D eigenvalue weighted by atomic mass is 10.2. The highest BCUT2D eigenvalue weighted by molar-refractivity contribution is 5.81. The Kier molecular flexibility index (Phi) is 4.04. The summed E-state index contributed by atoms with van der Waals surface area (Å²) in [6.45, 7) is 7.51. The van der Waals surface area contributed by atoms with Crippen molar-refractivity contribution in [3.05, 3.63) is 24.3 Å². The molecule has 21 heavy (non-hydrogen) atoms. The van der Waals surface area contributed by atoms with E-state index in [2.05, 4.69) is 11.0 Å². The van der Waals surface area contributed by atoms with Gasteiger partial charge >= 0.3 is 0 Å². The second-order valence-electron chi connectivity index (χ2n) is 6.22. The third kappa shape index (κ3) is 3.31. The Labute approximate surface area is 126 Å². The molecule has 0 N–H and O–H groups in total. The molecule has 0 aromatic heterocycles. The molecule has 2 aliphatic rings. The van der Waals surface area contributed by atoms with E-state index in [1.807, 2.05) is 36.9 Å². The summed E-state index contributed by atoms with van der Waals surface area (Å²) in [4.78, 5) is 16.5. The predicted octanol–water partition coefficient (Wildman–Crippen LogP) is 2.53. The van der Waals surface area contributed by atoms with Gasteiger partial charge in [-0.3, -0.25) is 4.79 Å². The first-order valence-electron chi connectivity index (χ1n) is 7.94. The largest absolute Gasteiger partial charge is 0.489 e. The van der Waals surface area contributed by atoms with Crippen molar-refractivity contribution < 1.29 is 9.53 Å². The minimum absolute atomic E-state index is 0.170. The molecular weight excluding hydrogens is 264 g/mol. The molecule has 0 atom stereocenters. The van der Waals surface area contributed by atoms with Crippen molar-refractivity contribution in [1.29, 1.82) is 0 Å². The van der Waals surface area contributed by atoms with Crippen LogP contribution in [0.3, 0.4) is 0 Å². The van der Waals surface area contributed by atoms with Crippen LogP contribution in [-0.2, 0) is 4.79 Å². The van der Waals surface area contributed by atoms with Crippen LogP contribution in [0.15, 0.2) is 24.3 Å². The SMILES string of the molecule is CC(C)Oc1ccccc1N1CCN(C(=O)C2CC2)CC1. The quantitative estimate of drug-likeness (QED) is 0.853. The molecule has 1 heterocycles. The van der Waals surface area contributed by atoms with E-state index in [9.17, 15) is 4.79 Å². The second-order valence-corrected chi connectivity index (χ2v) is 6.22. The van der Waals surface area contributed by atoms with Gasteiger partial charge in [-0.15, -0.1) is 0 Å². The number of rotatable bonds is 4. The van der Waals surface area contributed by atoms with Crippen LogP contribution in [-0.4, -0.2) is 43.1 Å². The molecule has 0 bridgehead atoms. The van der Waals surface area contributed by atoms with E-state index in [1.165, 1.54) is 0 Å². The molecule has 3 rings (SSSR count). The van der Waals surface area contributed by atoms with Gasteiger partial charge in [-0.1, -0.05) is 12.1 Å². The summed E-state index contributed by atoms with van der Waals surface area (Å²) in [6, 6.07) is 8.19. The van der Waals surface area contributed by atoms with Gasteiger partial charge in [0.15, 0.2) is 0 Å². The van der Waals surface area contributed by atoms with Crippen LogP contribution in [0.2, 0.25) is 0 Å². The number of nitrogens with zero attached hydrogens (tertiary/aromatic N) is 2. The Morgan fingerprint density at radius 1 is 1.14 bits per heavy atom. The van der Waals surface area contributed by atoms with Gasteiger partial charge in [0.25, 0.3) is 0 Å². The smallest absolute Gasteiger partial charge is 0.225 e. The van der Waals surface area contributed by atoms with Gasteiger partial charge in [0.2, 0.25) is 5.91 Å². The average molecular weight is 288 g/mol. The molecule has 1 saturated heterocycles. The van der Waals surface area contributed by atoms with Crippen molar-refractivity contribution in [1.82, 2.24) is 4.90 Å². The number of benzene rings is 1. The molecular formula is C17H24N2O2. The van der Waals surface area contributed by atoms with Crippen LogP contribution in [0, 0.1) is 5.92 Å². The molecule has 1 aliphatic heterocycles. The van der Waals surface area contributed by atoms with Crippen molar-refractivity contribution in [2.45, 2.75) is 32.8 Å². The molecule has 1 aromatic carbocycles. The minimum Gasteiger partial charge on any atom is -0.489 e. The van der Waals surface area contributed by atoms with Crippen molar-refractivity contribution >= 4 is 11.6 Å². The first-order chi connectivity index (χ1) is 10.1. The lowest BCUT2D eigenvalue weighted by molar-refractivity contribution is -0.132. The number of ether oxygens (including phenoxy) is 1. The first kappa shape index (κ1) is 14.2. The number of piperazine rings is 1. The van der Waals surface area contributed by atoms with E-state index in [0.717, 1.165) is 50.5 Å². The van der Waals surface area contributed by atoms with Crippen LogP contribution in [0.1, 0.15) is 26.7 Å². The number of para-hydroxylation sites is 2. The summed E-state index contributed by atoms with van der Waals surface area (Å²) in [5.41, 5.74) is 1.14. The van der Waals surface area contributed by atoms with E-state index in [-0.39, 0.29) is 6.10 Å². The predicted molar refractivity (Wildman–Crippen MR) is 83.7 cm³/mol. The van der Waals surface area contributed by atoms with Crippen LogP contribution >= 0.6 is 0 Å². The standard InChI is InChI=1S/C17H24N2O2/c1-13(2)21-16-6-4-3-5-15(16)18-9-11-19(12-10-18)17(20)14-7-8-14/h3-6,13-14H,7-12H2,1-2H3. The summed E-state index contributed by atoms with van der Waals surface area (Å²) >= 11 is 0. The Bertz CT molecular complexity index is 503. The Hall–Kier alpha value is -1.71. The van der Waals surface area contributed by atoms with Crippen molar-refractivity contribution in [3.8, 4) is 5.75 Å². The zero-order chi connectivity index (χ0) is 14.8. The Morgan fingerprint density at radius 2 is 1.81 bits per heavy atom. The fraction of sp³-hybridized carbons (Fsp3) is 0.588. The Morgan fingerprint density at radius 3 is 2.43 bits per heavy atom. The summed E-state index contributed by atoms with van der Waals surface area (Å²) in [5, 5.41) is 0. The highest BCUT2D eigenvalue weighted by atomic mass is 16.5. The van der Waals surface area contributed by atoms with Crippen LogP contribution in [0.25, 0.3) is 0 Å². The number of carbonyl (C=O) groups is 1. The van der Waals surface area contributed by atoms with Crippen molar-refractivity contribution in [3.63, 3.8) is 0 Å². The highest BCUT2D eigenvalue weighted by Gasteiger charge is 2.34. The third-order valence-electron chi connectivity index (χ3n) is 4.09. The molecule has 0 spiro atoms.